The lowest BCUT2D eigenvalue weighted by Gasteiger charge is -2.27. The third-order valence-corrected chi connectivity index (χ3v) is 7.27. The van der Waals surface area contributed by atoms with Crippen LogP contribution in [0.4, 0.5) is 0 Å². The fourth-order valence-electron chi connectivity index (χ4n) is 3.53. The molecule has 1 amide bonds. The minimum atomic E-state index is -3.72. The van der Waals surface area contributed by atoms with Crippen LogP contribution in [0.25, 0.3) is 0 Å². The Morgan fingerprint density at radius 1 is 1.19 bits per heavy atom. The summed E-state index contributed by atoms with van der Waals surface area (Å²) in [5, 5.41) is 9.75. The van der Waals surface area contributed by atoms with Gasteiger partial charge in [0.2, 0.25) is 10.0 Å². The molecule has 9 heteroatoms. The summed E-state index contributed by atoms with van der Waals surface area (Å²) in [6.07, 6.45) is 0.538. The molecule has 0 aliphatic carbocycles. The fraction of sp³-hybridized carbons (Fsp3) is 0.409. The van der Waals surface area contributed by atoms with Crippen LogP contribution >= 0.6 is 0 Å². The summed E-state index contributed by atoms with van der Waals surface area (Å²) in [6, 6.07) is 9.71. The van der Waals surface area contributed by atoms with Gasteiger partial charge in [-0.3, -0.25) is 4.79 Å². The summed E-state index contributed by atoms with van der Waals surface area (Å²) in [6.45, 7) is 3.48. The number of hydrogen-bond acceptors (Lipinski definition) is 6. The van der Waals surface area contributed by atoms with Gasteiger partial charge in [-0.2, -0.15) is 4.31 Å². The number of carbonyl (C=O) groups excluding carboxylic acids is 1. The molecular formula is C22H28N2O6S. The molecular weight excluding hydrogens is 420 g/mol. The zero-order valence-corrected chi connectivity index (χ0v) is 18.8. The molecule has 2 aromatic carbocycles. The number of sulfonamides is 1. The Morgan fingerprint density at radius 3 is 2.55 bits per heavy atom. The number of benzene rings is 2. The van der Waals surface area contributed by atoms with E-state index >= 15 is 0 Å². The molecule has 1 heterocycles. The Kier molecular flexibility index (Phi) is 7.19. The number of phenols is 1. The Bertz CT molecular complexity index is 1050. The summed E-state index contributed by atoms with van der Waals surface area (Å²) in [7, 11) is -0.619. The first-order valence-electron chi connectivity index (χ1n) is 10.1. The van der Waals surface area contributed by atoms with Gasteiger partial charge in [0.15, 0.2) is 11.5 Å². The van der Waals surface area contributed by atoms with Gasteiger partial charge >= 0.3 is 0 Å². The monoisotopic (exact) mass is 448 g/mol. The van der Waals surface area contributed by atoms with Gasteiger partial charge in [0, 0.05) is 32.2 Å². The van der Waals surface area contributed by atoms with Crippen LogP contribution in [-0.4, -0.2) is 69.1 Å². The molecule has 1 aliphatic rings. The van der Waals surface area contributed by atoms with E-state index in [-0.39, 0.29) is 23.1 Å². The number of methoxy groups -OCH3 is 1. The van der Waals surface area contributed by atoms with E-state index in [1.807, 2.05) is 6.92 Å². The van der Waals surface area contributed by atoms with Crippen molar-refractivity contribution in [3.63, 3.8) is 0 Å². The van der Waals surface area contributed by atoms with Crippen LogP contribution < -0.4 is 4.74 Å². The molecule has 1 saturated heterocycles. The van der Waals surface area contributed by atoms with Crippen molar-refractivity contribution in [3.05, 3.63) is 53.1 Å². The van der Waals surface area contributed by atoms with Crippen LogP contribution in [0.15, 0.2) is 41.3 Å². The zero-order chi connectivity index (χ0) is 22.6. The van der Waals surface area contributed by atoms with Crippen molar-refractivity contribution in [1.82, 2.24) is 9.21 Å². The second-order valence-electron chi connectivity index (χ2n) is 7.36. The molecule has 2 aromatic rings. The maximum absolute atomic E-state index is 13.2. The van der Waals surface area contributed by atoms with E-state index in [9.17, 15) is 18.3 Å². The van der Waals surface area contributed by atoms with Gasteiger partial charge in [0.1, 0.15) is 0 Å². The van der Waals surface area contributed by atoms with E-state index in [1.165, 1.54) is 28.4 Å². The lowest BCUT2D eigenvalue weighted by atomic mass is 10.1. The second-order valence-corrected chi connectivity index (χ2v) is 9.27. The summed E-state index contributed by atoms with van der Waals surface area (Å²) < 4.78 is 38.2. The number of ether oxygens (including phenoxy) is 2. The van der Waals surface area contributed by atoms with Gasteiger partial charge < -0.3 is 19.5 Å². The highest BCUT2D eigenvalue weighted by atomic mass is 32.2. The number of hydrogen-bond donors (Lipinski definition) is 1. The van der Waals surface area contributed by atoms with Crippen molar-refractivity contribution < 1.29 is 27.8 Å². The molecule has 0 saturated carbocycles. The first-order valence-corrected chi connectivity index (χ1v) is 11.5. The third-order valence-electron chi connectivity index (χ3n) is 5.29. The molecule has 0 radical (unpaired) electrons. The SMILES string of the molecule is CCc1ccc(C(=O)N(C)Cc2ccc(O)c(OC)c2)cc1S(=O)(=O)N1CCOCC1. The Labute approximate surface area is 183 Å². The number of morpholine rings is 1. The van der Waals surface area contributed by atoms with Crippen molar-refractivity contribution >= 4 is 15.9 Å². The molecule has 1 aliphatic heterocycles. The highest BCUT2D eigenvalue weighted by Crippen LogP contribution is 2.27. The van der Waals surface area contributed by atoms with Crippen LogP contribution in [0, 0.1) is 0 Å². The second kappa shape index (κ2) is 9.67. The molecule has 168 valence electrons. The molecule has 0 unspecified atom stereocenters. The molecule has 0 aromatic heterocycles. The first kappa shape index (κ1) is 23.1. The maximum atomic E-state index is 13.2. The van der Waals surface area contributed by atoms with Crippen molar-refractivity contribution in [1.29, 1.82) is 0 Å². The lowest BCUT2D eigenvalue weighted by molar-refractivity contribution is 0.0729. The first-order chi connectivity index (χ1) is 14.8. The molecule has 1 fully saturated rings. The van der Waals surface area contributed by atoms with Crippen molar-refractivity contribution in [2.24, 2.45) is 0 Å². The third kappa shape index (κ3) is 5.00. The number of amides is 1. The van der Waals surface area contributed by atoms with Crippen LogP contribution in [0.3, 0.4) is 0 Å². The number of nitrogens with zero attached hydrogens (tertiary/aromatic N) is 2. The van der Waals surface area contributed by atoms with Gasteiger partial charge in [0.05, 0.1) is 25.2 Å². The number of aryl methyl sites for hydroxylation is 1. The minimum Gasteiger partial charge on any atom is -0.504 e. The van der Waals surface area contributed by atoms with Crippen molar-refractivity contribution in [2.75, 3.05) is 40.5 Å². The average molecular weight is 449 g/mol. The van der Waals surface area contributed by atoms with Crippen LogP contribution in [0.5, 0.6) is 11.5 Å². The van der Waals surface area contributed by atoms with Crippen LogP contribution in [0.1, 0.15) is 28.4 Å². The largest absolute Gasteiger partial charge is 0.504 e. The van der Waals surface area contributed by atoms with E-state index in [0.717, 1.165) is 5.56 Å². The van der Waals surface area contributed by atoms with E-state index in [1.54, 1.807) is 31.3 Å². The van der Waals surface area contributed by atoms with E-state index < -0.39 is 10.0 Å². The molecule has 1 N–H and O–H groups in total. The summed E-state index contributed by atoms with van der Waals surface area (Å²) in [5.74, 6) is 0.0472. The van der Waals surface area contributed by atoms with E-state index in [0.29, 0.717) is 49.6 Å². The summed E-state index contributed by atoms with van der Waals surface area (Å²) in [4.78, 5) is 14.7. The van der Waals surface area contributed by atoms with Gasteiger partial charge in [0.25, 0.3) is 5.91 Å². The summed E-state index contributed by atoms with van der Waals surface area (Å²) in [5.41, 5.74) is 1.75. The average Bonchev–Trinajstić information content (AvgIpc) is 2.79. The molecule has 8 nitrogen and oxygen atoms in total. The predicted octanol–water partition coefficient (Wildman–Crippen LogP) is 2.26. The minimum absolute atomic E-state index is 0.0216. The van der Waals surface area contributed by atoms with Crippen molar-refractivity contribution in [2.45, 2.75) is 24.8 Å². The van der Waals surface area contributed by atoms with Gasteiger partial charge in [-0.25, -0.2) is 8.42 Å². The number of carbonyl (C=O) groups is 1. The van der Waals surface area contributed by atoms with E-state index in [4.69, 9.17) is 9.47 Å². The van der Waals surface area contributed by atoms with Gasteiger partial charge in [-0.15, -0.1) is 0 Å². The standard InChI is InChI=1S/C22H28N2O6S/c1-4-17-6-7-18(14-21(17)31(27,28)24-9-11-30-12-10-24)22(26)23(2)15-16-5-8-19(25)20(13-16)29-3/h5-8,13-14,25H,4,9-12,15H2,1-3H3. The Hall–Kier alpha value is -2.62. The molecule has 31 heavy (non-hydrogen) atoms. The van der Waals surface area contributed by atoms with Gasteiger partial charge in [-0.05, 0) is 41.8 Å². The quantitative estimate of drug-likeness (QED) is 0.698. The number of rotatable bonds is 7. The normalized spacial score (nSPS) is 14.9. The Balaban J connectivity index is 1.87. The topological polar surface area (TPSA) is 96.4 Å². The smallest absolute Gasteiger partial charge is 0.253 e. The molecule has 0 bridgehead atoms. The van der Waals surface area contributed by atoms with Crippen LogP contribution in [-0.2, 0) is 27.7 Å². The molecule has 0 atom stereocenters. The summed E-state index contributed by atoms with van der Waals surface area (Å²) >= 11 is 0. The molecule has 3 rings (SSSR count). The predicted molar refractivity (Wildman–Crippen MR) is 116 cm³/mol. The number of aromatic hydroxyl groups is 1. The van der Waals surface area contributed by atoms with Crippen LogP contribution in [0.2, 0.25) is 0 Å². The maximum Gasteiger partial charge on any atom is 0.253 e. The van der Waals surface area contributed by atoms with E-state index in [2.05, 4.69) is 0 Å². The van der Waals surface area contributed by atoms with Gasteiger partial charge in [-0.1, -0.05) is 19.1 Å². The van der Waals surface area contributed by atoms with Crippen molar-refractivity contribution in [3.8, 4) is 11.5 Å². The highest BCUT2D eigenvalue weighted by molar-refractivity contribution is 7.89. The Morgan fingerprint density at radius 2 is 1.90 bits per heavy atom. The number of phenolic OH excluding ortho intramolecular Hbond substituents is 1. The zero-order valence-electron chi connectivity index (χ0n) is 18.0. The fourth-order valence-corrected chi connectivity index (χ4v) is 5.26. The highest BCUT2D eigenvalue weighted by Gasteiger charge is 2.29. The lowest BCUT2D eigenvalue weighted by Crippen LogP contribution is -2.41. The molecule has 0 spiro atoms.